The number of carbonyl (C=O) groups excluding carboxylic acids is 1. The van der Waals surface area contributed by atoms with E-state index in [1.54, 1.807) is 24.3 Å². The number of hydrogen-bond acceptors (Lipinski definition) is 4. The topological polar surface area (TPSA) is 47.9 Å². The molecule has 4 nitrogen and oxygen atoms in total. The second kappa shape index (κ2) is 8.02. The number of alkyl halides is 3. The first-order chi connectivity index (χ1) is 11.8. The average Bonchev–Trinajstić information content (AvgIpc) is 2.57. The zero-order valence-corrected chi connectivity index (χ0v) is 13.8. The van der Waals surface area contributed by atoms with Gasteiger partial charge in [-0.1, -0.05) is 35.5 Å². The molecule has 0 aliphatic carbocycles. The van der Waals surface area contributed by atoms with Crippen LogP contribution >= 0.6 is 11.6 Å². The van der Waals surface area contributed by atoms with E-state index < -0.39 is 17.0 Å². The molecule has 8 heteroatoms. The van der Waals surface area contributed by atoms with E-state index in [-0.39, 0.29) is 18.1 Å². The highest BCUT2D eigenvalue weighted by Gasteiger charge is 2.30. The van der Waals surface area contributed by atoms with Crippen LogP contribution in [0.25, 0.3) is 0 Å². The van der Waals surface area contributed by atoms with Crippen molar-refractivity contribution in [1.29, 1.82) is 0 Å². The van der Waals surface area contributed by atoms with Crippen LogP contribution in [0, 0.1) is 0 Å². The molecule has 2 aromatic carbocycles. The van der Waals surface area contributed by atoms with Crippen LogP contribution in [0.3, 0.4) is 0 Å². The van der Waals surface area contributed by atoms with E-state index >= 15 is 0 Å². The van der Waals surface area contributed by atoms with Crippen LogP contribution in [0.15, 0.2) is 53.7 Å². The highest BCUT2D eigenvalue weighted by Crippen LogP contribution is 2.31. The smallest absolute Gasteiger partial charge is 0.416 e. The predicted molar refractivity (Wildman–Crippen MR) is 86.6 cm³/mol. The van der Waals surface area contributed by atoms with E-state index in [1.165, 1.54) is 19.2 Å². The molecule has 0 saturated heterocycles. The highest BCUT2D eigenvalue weighted by molar-refractivity contribution is 6.84. The zero-order chi connectivity index (χ0) is 18.4. The lowest BCUT2D eigenvalue weighted by molar-refractivity contribution is -0.137. The molecule has 2 rings (SSSR count). The molecule has 0 aliphatic heterocycles. The lowest BCUT2D eigenvalue weighted by atomic mass is 10.0. The van der Waals surface area contributed by atoms with Crippen molar-refractivity contribution in [3.63, 3.8) is 0 Å². The first kappa shape index (κ1) is 18.8. The number of nitrogens with zero attached hydrogens (tertiary/aromatic N) is 1. The summed E-state index contributed by atoms with van der Waals surface area (Å²) in [6.45, 7) is -0.0790. The first-order valence-electron chi connectivity index (χ1n) is 7.02. The minimum Gasteiger partial charge on any atom is -0.489 e. The van der Waals surface area contributed by atoms with Gasteiger partial charge in [0.05, 0.1) is 5.56 Å². The summed E-state index contributed by atoms with van der Waals surface area (Å²) in [5.41, 5.74) is -0.0377. The van der Waals surface area contributed by atoms with Gasteiger partial charge in [0.2, 0.25) is 0 Å². The summed E-state index contributed by atoms with van der Waals surface area (Å²) in [6.07, 6.45) is -4.46. The maximum absolute atomic E-state index is 12.7. The van der Waals surface area contributed by atoms with Crippen LogP contribution in [0.1, 0.15) is 16.7 Å². The van der Waals surface area contributed by atoms with Gasteiger partial charge in [0, 0.05) is 5.56 Å². The van der Waals surface area contributed by atoms with Gasteiger partial charge in [0.1, 0.15) is 19.5 Å². The molecule has 2 aromatic rings. The molecule has 0 amide bonds. The number of carbonyl (C=O) groups is 1. The SMILES string of the molecule is CO/N=C(/C(=O)Cl)c1ccccc1COc1cccc(C(F)(F)F)c1. The molecule has 0 saturated carbocycles. The second-order valence-electron chi connectivity index (χ2n) is 4.87. The Bertz CT molecular complexity index is 791. The van der Waals surface area contributed by atoms with Gasteiger partial charge in [-0.3, -0.25) is 4.79 Å². The summed E-state index contributed by atoms with van der Waals surface area (Å²) in [6, 6.07) is 11.1. The summed E-state index contributed by atoms with van der Waals surface area (Å²) < 4.78 is 43.6. The Kier molecular flexibility index (Phi) is 6.03. The Labute approximate surface area is 146 Å². The van der Waals surface area contributed by atoms with Gasteiger partial charge in [-0.25, -0.2) is 0 Å². The first-order valence-corrected chi connectivity index (χ1v) is 7.40. The van der Waals surface area contributed by atoms with E-state index in [0.29, 0.717) is 11.1 Å². The van der Waals surface area contributed by atoms with Gasteiger partial charge < -0.3 is 9.57 Å². The minimum atomic E-state index is -4.46. The third kappa shape index (κ3) is 4.96. The molecular formula is C17H13ClF3NO3. The number of halogens is 4. The maximum Gasteiger partial charge on any atom is 0.416 e. The van der Waals surface area contributed by atoms with Gasteiger partial charge in [-0.2, -0.15) is 13.2 Å². The van der Waals surface area contributed by atoms with Gasteiger partial charge in [-0.05, 0) is 35.4 Å². The van der Waals surface area contributed by atoms with Gasteiger partial charge in [0.25, 0.3) is 5.24 Å². The molecule has 0 N–H and O–H groups in total. The fourth-order valence-corrected chi connectivity index (χ4v) is 2.22. The lowest BCUT2D eigenvalue weighted by Crippen LogP contribution is -2.14. The molecule has 132 valence electrons. The van der Waals surface area contributed by atoms with Crippen molar-refractivity contribution in [2.24, 2.45) is 5.16 Å². The molecule has 0 aromatic heterocycles. The van der Waals surface area contributed by atoms with Crippen molar-refractivity contribution in [2.75, 3.05) is 7.11 Å². The fraction of sp³-hybridized carbons (Fsp3) is 0.176. The van der Waals surface area contributed by atoms with Crippen molar-refractivity contribution in [3.8, 4) is 5.75 Å². The molecular weight excluding hydrogens is 359 g/mol. The maximum atomic E-state index is 12.7. The average molecular weight is 372 g/mol. The van der Waals surface area contributed by atoms with Gasteiger partial charge in [0.15, 0.2) is 5.71 Å². The molecule has 0 bridgehead atoms. The molecule has 0 unspecified atom stereocenters. The van der Waals surface area contributed by atoms with Crippen molar-refractivity contribution in [1.82, 2.24) is 0 Å². The Morgan fingerprint density at radius 1 is 1.16 bits per heavy atom. The number of rotatable bonds is 6. The Morgan fingerprint density at radius 2 is 1.88 bits per heavy atom. The third-order valence-corrected chi connectivity index (χ3v) is 3.38. The van der Waals surface area contributed by atoms with E-state index in [2.05, 4.69) is 9.99 Å². The largest absolute Gasteiger partial charge is 0.489 e. The van der Waals surface area contributed by atoms with E-state index in [9.17, 15) is 18.0 Å². The van der Waals surface area contributed by atoms with Crippen molar-refractivity contribution in [3.05, 3.63) is 65.2 Å². The van der Waals surface area contributed by atoms with Gasteiger partial charge >= 0.3 is 6.18 Å². The molecule has 0 heterocycles. The van der Waals surface area contributed by atoms with Crippen LogP contribution in [0.5, 0.6) is 5.75 Å². The molecule has 0 spiro atoms. The molecule has 0 fully saturated rings. The highest BCUT2D eigenvalue weighted by atomic mass is 35.5. The Morgan fingerprint density at radius 3 is 2.52 bits per heavy atom. The minimum absolute atomic E-state index is 0.0482. The van der Waals surface area contributed by atoms with Crippen LogP contribution in [-0.4, -0.2) is 18.1 Å². The summed E-state index contributed by atoms with van der Waals surface area (Å²) in [7, 11) is 1.27. The summed E-state index contributed by atoms with van der Waals surface area (Å²) in [4.78, 5) is 16.1. The van der Waals surface area contributed by atoms with Crippen molar-refractivity contribution < 1.29 is 27.5 Å². The van der Waals surface area contributed by atoms with Crippen LogP contribution in [-0.2, 0) is 22.4 Å². The second-order valence-corrected chi connectivity index (χ2v) is 5.21. The molecule has 25 heavy (non-hydrogen) atoms. The number of oxime groups is 1. The third-order valence-electron chi connectivity index (χ3n) is 3.20. The van der Waals surface area contributed by atoms with Crippen molar-refractivity contribution >= 4 is 22.6 Å². The molecule has 0 atom stereocenters. The predicted octanol–water partition coefficient (Wildman–Crippen LogP) is 4.40. The van der Waals surface area contributed by atoms with Crippen LogP contribution < -0.4 is 4.74 Å². The molecule has 0 radical (unpaired) electrons. The standard InChI is InChI=1S/C17H13ClF3NO3/c1-24-22-15(16(18)23)14-8-3-2-5-11(14)10-25-13-7-4-6-12(9-13)17(19,20)21/h2-9H,10H2,1H3/b22-15+. The Hall–Kier alpha value is -2.54. The number of benzene rings is 2. The van der Waals surface area contributed by atoms with E-state index in [4.69, 9.17) is 16.3 Å². The summed E-state index contributed by atoms with van der Waals surface area (Å²) in [5.74, 6) is 0.0482. The molecule has 0 aliphatic rings. The summed E-state index contributed by atoms with van der Waals surface area (Å²) in [5, 5.41) is 2.76. The Balaban J connectivity index is 2.25. The fourth-order valence-electron chi connectivity index (χ4n) is 2.08. The van der Waals surface area contributed by atoms with Gasteiger partial charge in [-0.15, -0.1) is 0 Å². The van der Waals surface area contributed by atoms with E-state index in [0.717, 1.165) is 12.1 Å². The lowest BCUT2D eigenvalue weighted by Gasteiger charge is -2.12. The normalized spacial score (nSPS) is 12.0. The van der Waals surface area contributed by atoms with E-state index in [1.807, 2.05) is 0 Å². The van der Waals surface area contributed by atoms with Crippen LogP contribution in [0.4, 0.5) is 13.2 Å². The quantitative estimate of drug-likeness (QED) is 0.429. The van der Waals surface area contributed by atoms with Crippen molar-refractivity contribution in [2.45, 2.75) is 12.8 Å². The zero-order valence-electron chi connectivity index (χ0n) is 13.0. The monoisotopic (exact) mass is 371 g/mol. The number of ether oxygens (including phenoxy) is 1. The summed E-state index contributed by atoms with van der Waals surface area (Å²) >= 11 is 5.50. The van der Waals surface area contributed by atoms with Crippen LogP contribution in [0.2, 0.25) is 0 Å². The number of hydrogen-bond donors (Lipinski definition) is 0.